The van der Waals surface area contributed by atoms with Gasteiger partial charge in [0.15, 0.2) is 0 Å². The van der Waals surface area contributed by atoms with E-state index in [0.717, 1.165) is 12.8 Å². The Morgan fingerprint density at radius 1 is 1.56 bits per heavy atom. The molecule has 5 nitrogen and oxygen atoms in total. The van der Waals surface area contributed by atoms with E-state index in [9.17, 15) is 9.59 Å². The van der Waals surface area contributed by atoms with E-state index < -0.39 is 5.97 Å². The highest BCUT2D eigenvalue weighted by Gasteiger charge is 2.23. The first-order chi connectivity index (χ1) is 8.56. The maximum Gasteiger partial charge on any atom is 0.339 e. The zero-order chi connectivity index (χ0) is 13.1. The quantitative estimate of drug-likeness (QED) is 0.823. The van der Waals surface area contributed by atoms with Crippen LogP contribution in [0.15, 0.2) is 10.5 Å². The van der Waals surface area contributed by atoms with Crippen molar-refractivity contribution in [3.63, 3.8) is 0 Å². The van der Waals surface area contributed by atoms with Gasteiger partial charge in [0.1, 0.15) is 17.1 Å². The lowest BCUT2D eigenvalue weighted by molar-refractivity contribution is -0.118. The van der Waals surface area contributed by atoms with Crippen LogP contribution in [0.4, 0.5) is 0 Å². The van der Waals surface area contributed by atoms with Gasteiger partial charge in [-0.25, -0.2) is 4.79 Å². The minimum atomic E-state index is -0.987. The average Bonchev–Trinajstić information content (AvgIpc) is 3.00. The Morgan fingerprint density at radius 2 is 2.28 bits per heavy atom. The minimum absolute atomic E-state index is 0.0317. The largest absolute Gasteiger partial charge is 0.478 e. The molecule has 2 N–H and O–H groups in total. The Balaban J connectivity index is 1.77. The van der Waals surface area contributed by atoms with Gasteiger partial charge in [-0.05, 0) is 25.8 Å². The monoisotopic (exact) mass is 269 g/mol. The van der Waals surface area contributed by atoms with Crippen molar-refractivity contribution in [1.29, 1.82) is 0 Å². The predicted octanol–water partition coefficient (Wildman–Crippen LogP) is 1.80. The Bertz CT molecular complexity index is 465. The molecule has 1 aliphatic carbocycles. The van der Waals surface area contributed by atoms with E-state index in [4.69, 9.17) is 9.52 Å². The molecule has 18 heavy (non-hydrogen) atoms. The fraction of sp³-hybridized carbons (Fsp3) is 0.500. The van der Waals surface area contributed by atoms with Crippen LogP contribution in [0.5, 0.6) is 0 Å². The molecule has 0 radical (unpaired) electrons. The van der Waals surface area contributed by atoms with E-state index in [1.165, 1.54) is 17.8 Å². The third kappa shape index (κ3) is 3.53. The lowest BCUT2D eigenvalue weighted by atomic mass is 10.2. The highest BCUT2D eigenvalue weighted by molar-refractivity contribution is 7.99. The zero-order valence-corrected chi connectivity index (χ0v) is 10.9. The number of carbonyl (C=O) groups is 2. The van der Waals surface area contributed by atoms with Crippen LogP contribution < -0.4 is 5.32 Å². The van der Waals surface area contributed by atoms with Crippen LogP contribution in [0.25, 0.3) is 0 Å². The molecule has 0 atom stereocenters. The predicted molar refractivity (Wildman–Crippen MR) is 67.7 cm³/mol. The van der Waals surface area contributed by atoms with Crippen molar-refractivity contribution in [2.45, 2.75) is 31.6 Å². The van der Waals surface area contributed by atoms with Gasteiger partial charge in [-0.3, -0.25) is 4.79 Å². The summed E-state index contributed by atoms with van der Waals surface area (Å²) in [6.45, 7) is 1.62. The smallest absolute Gasteiger partial charge is 0.339 e. The van der Waals surface area contributed by atoms with E-state index in [2.05, 4.69) is 5.32 Å². The summed E-state index contributed by atoms with van der Waals surface area (Å²) in [4.78, 5) is 22.2. The van der Waals surface area contributed by atoms with Crippen molar-refractivity contribution in [1.82, 2.24) is 5.32 Å². The number of amides is 1. The van der Waals surface area contributed by atoms with Crippen molar-refractivity contribution in [2.75, 3.05) is 5.75 Å². The molecular formula is C12H15NO4S. The first kappa shape index (κ1) is 13.0. The van der Waals surface area contributed by atoms with Crippen molar-refractivity contribution in [2.24, 2.45) is 0 Å². The lowest BCUT2D eigenvalue weighted by Gasteiger charge is -2.01. The van der Waals surface area contributed by atoms with Crippen LogP contribution in [0, 0.1) is 6.92 Å². The molecule has 0 aliphatic heterocycles. The number of hydrogen-bond acceptors (Lipinski definition) is 4. The van der Waals surface area contributed by atoms with Crippen molar-refractivity contribution < 1.29 is 19.1 Å². The van der Waals surface area contributed by atoms with E-state index in [1.54, 1.807) is 6.92 Å². The van der Waals surface area contributed by atoms with Crippen molar-refractivity contribution in [3.8, 4) is 0 Å². The SMILES string of the molecule is Cc1oc(CSCC(=O)NC2CC2)cc1C(=O)O. The summed E-state index contributed by atoms with van der Waals surface area (Å²) >= 11 is 1.42. The van der Waals surface area contributed by atoms with Gasteiger partial charge in [-0.2, -0.15) is 0 Å². The molecule has 0 aromatic carbocycles. The number of rotatable bonds is 6. The molecule has 1 amide bonds. The maximum atomic E-state index is 11.4. The van der Waals surface area contributed by atoms with Gasteiger partial charge in [0.05, 0.1) is 11.5 Å². The van der Waals surface area contributed by atoms with Crippen molar-refractivity contribution >= 4 is 23.6 Å². The van der Waals surface area contributed by atoms with Gasteiger partial charge in [0.25, 0.3) is 0 Å². The number of nitrogens with one attached hydrogen (secondary N) is 1. The second-order valence-electron chi connectivity index (χ2n) is 4.32. The van der Waals surface area contributed by atoms with Gasteiger partial charge in [0, 0.05) is 6.04 Å². The Hall–Kier alpha value is -1.43. The Morgan fingerprint density at radius 3 is 2.83 bits per heavy atom. The molecule has 1 aromatic heterocycles. The summed E-state index contributed by atoms with van der Waals surface area (Å²) in [5.74, 6) is 0.920. The van der Waals surface area contributed by atoms with Gasteiger partial charge in [-0.15, -0.1) is 11.8 Å². The van der Waals surface area contributed by atoms with E-state index in [0.29, 0.717) is 29.1 Å². The van der Waals surface area contributed by atoms with Gasteiger partial charge in [-0.1, -0.05) is 0 Å². The number of thioether (sulfide) groups is 1. The van der Waals surface area contributed by atoms with Crippen LogP contribution in [0.1, 0.15) is 34.7 Å². The average molecular weight is 269 g/mol. The second-order valence-corrected chi connectivity index (χ2v) is 5.31. The lowest BCUT2D eigenvalue weighted by Crippen LogP contribution is -2.27. The second kappa shape index (κ2) is 5.48. The van der Waals surface area contributed by atoms with Crippen LogP contribution >= 0.6 is 11.8 Å². The molecule has 0 unspecified atom stereocenters. The first-order valence-corrected chi connectivity index (χ1v) is 6.91. The molecule has 6 heteroatoms. The van der Waals surface area contributed by atoms with E-state index in [1.807, 2.05) is 0 Å². The summed E-state index contributed by atoms with van der Waals surface area (Å²) in [5, 5.41) is 11.8. The number of carboxylic acids is 1. The number of hydrogen-bond donors (Lipinski definition) is 2. The summed E-state index contributed by atoms with van der Waals surface area (Å²) in [6, 6.07) is 1.89. The zero-order valence-electron chi connectivity index (χ0n) is 10.1. The standard InChI is InChI=1S/C12H15NO4S/c1-7-10(12(15)16)4-9(17-7)5-18-6-11(14)13-8-2-3-8/h4,8H,2-3,5-6H2,1H3,(H,13,14)(H,15,16). The summed E-state index contributed by atoms with van der Waals surface area (Å²) in [7, 11) is 0. The molecule has 2 rings (SSSR count). The van der Waals surface area contributed by atoms with Crippen LogP contribution in [-0.2, 0) is 10.5 Å². The molecular weight excluding hydrogens is 254 g/mol. The van der Waals surface area contributed by atoms with E-state index in [-0.39, 0.29) is 11.5 Å². The number of furan rings is 1. The maximum absolute atomic E-state index is 11.4. The molecule has 98 valence electrons. The fourth-order valence-corrected chi connectivity index (χ4v) is 2.28. The normalized spacial score (nSPS) is 14.5. The topological polar surface area (TPSA) is 79.5 Å². The highest BCUT2D eigenvalue weighted by Crippen LogP contribution is 2.21. The number of aryl methyl sites for hydroxylation is 1. The molecule has 1 aromatic rings. The molecule has 0 spiro atoms. The molecule has 0 bridgehead atoms. The Labute approximate surface area is 109 Å². The third-order valence-electron chi connectivity index (χ3n) is 2.62. The fourth-order valence-electron chi connectivity index (χ4n) is 1.57. The molecule has 1 heterocycles. The summed E-state index contributed by atoms with van der Waals surface area (Å²) in [5.41, 5.74) is 0.188. The highest BCUT2D eigenvalue weighted by atomic mass is 32.2. The molecule has 1 saturated carbocycles. The molecule has 1 aliphatic rings. The van der Waals surface area contributed by atoms with Crippen molar-refractivity contribution in [3.05, 3.63) is 23.2 Å². The summed E-state index contributed by atoms with van der Waals surface area (Å²) < 4.78 is 5.32. The first-order valence-electron chi connectivity index (χ1n) is 5.76. The number of aromatic carboxylic acids is 1. The number of carboxylic acid groups (broad SMARTS) is 1. The molecule has 1 fully saturated rings. The van der Waals surface area contributed by atoms with Crippen LogP contribution in [0.3, 0.4) is 0 Å². The van der Waals surface area contributed by atoms with Crippen LogP contribution in [-0.4, -0.2) is 28.8 Å². The Kier molecular flexibility index (Phi) is 3.96. The molecule has 0 saturated heterocycles. The minimum Gasteiger partial charge on any atom is -0.478 e. The van der Waals surface area contributed by atoms with E-state index >= 15 is 0 Å². The van der Waals surface area contributed by atoms with Gasteiger partial charge in [0.2, 0.25) is 5.91 Å². The van der Waals surface area contributed by atoms with Gasteiger partial charge < -0.3 is 14.8 Å². The van der Waals surface area contributed by atoms with Gasteiger partial charge >= 0.3 is 5.97 Å². The van der Waals surface area contributed by atoms with Crippen LogP contribution in [0.2, 0.25) is 0 Å². The number of carbonyl (C=O) groups excluding carboxylic acids is 1. The summed E-state index contributed by atoms with van der Waals surface area (Å²) in [6.07, 6.45) is 2.16. The third-order valence-corrected chi connectivity index (χ3v) is 3.57.